The van der Waals surface area contributed by atoms with E-state index in [4.69, 9.17) is 0 Å². The highest BCUT2D eigenvalue weighted by Gasteiger charge is 2.45. The number of nitrogens with zero attached hydrogens (tertiary/aromatic N) is 1. The van der Waals surface area contributed by atoms with Crippen molar-refractivity contribution in [2.45, 2.75) is 50.2 Å². The molecule has 0 radical (unpaired) electrons. The van der Waals surface area contributed by atoms with Gasteiger partial charge in [0.2, 0.25) is 11.8 Å². The molecule has 2 aliphatic carbocycles. The average molecular weight is 439 g/mol. The van der Waals surface area contributed by atoms with Crippen LogP contribution >= 0.6 is 0 Å². The molecule has 2 fully saturated rings. The van der Waals surface area contributed by atoms with E-state index in [0.29, 0.717) is 36.3 Å². The van der Waals surface area contributed by atoms with Crippen molar-refractivity contribution in [2.75, 3.05) is 19.0 Å². The zero-order valence-corrected chi connectivity index (χ0v) is 18.5. The molecule has 3 aliphatic rings. The molecule has 32 heavy (non-hydrogen) atoms. The lowest BCUT2D eigenvalue weighted by Crippen LogP contribution is -2.52. The van der Waals surface area contributed by atoms with E-state index in [1.165, 1.54) is 0 Å². The number of amides is 3. The summed E-state index contributed by atoms with van der Waals surface area (Å²) in [5.74, 6) is -0.205. The van der Waals surface area contributed by atoms with Crippen molar-refractivity contribution in [3.05, 3.63) is 41.5 Å². The van der Waals surface area contributed by atoms with Crippen LogP contribution in [0.15, 0.2) is 30.4 Å². The summed E-state index contributed by atoms with van der Waals surface area (Å²) in [6, 6.07) is 5.61. The topological polar surface area (TPSA) is 108 Å². The van der Waals surface area contributed by atoms with Crippen LogP contribution in [0.5, 0.6) is 0 Å². The van der Waals surface area contributed by atoms with Crippen LogP contribution in [0.3, 0.4) is 0 Å². The second kappa shape index (κ2) is 9.24. The van der Waals surface area contributed by atoms with Crippen LogP contribution in [-0.4, -0.2) is 56.2 Å². The van der Waals surface area contributed by atoms with E-state index in [0.717, 1.165) is 24.0 Å². The van der Waals surface area contributed by atoms with Gasteiger partial charge in [0, 0.05) is 37.2 Å². The Hall–Kier alpha value is -3.00. The van der Waals surface area contributed by atoms with Gasteiger partial charge in [0.05, 0.1) is 6.04 Å². The number of piperidine rings is 1. The fourth-order valence-electron chi connectivity index (χ4n) is 5.38. The van der Waals surface area contributed by atoms with E-state index in [9.17, 15) is 19.2 Å². The number of imide groups is 1. The van der Waals surface area contributed by atoms with Gasteiger partial charge in [-0.2, -0.15) is 0 Å². The molecule has 3 amide bonds. The minimum Gasteiger partial charge on any atom is -0.369 e. The third-order valence-electron chi connectivity index (χ3n) is 7.02. The number of anilines is 1. The molecule has 3 unspecified atom stereocenters. The van der Waals surface area contributed by atoms with Crippen molar-refractivity contribution < 1.29 is 19.2 Å². The first-order valence-corrected chi connectivity index (χ1v) is 11.2. The summed E-state index contributed by atoms with van der Waals surface area (Å²) in [4.78, 5) is 49.8. The summed E-state index contributed by atoms with van der Waals surface area (Å²) in [7, 11) is 4.03. The van der Waals surface area contributed by atoms with Gasteiger partial charge in [-0.15, -0.1) is 0 Å². The SMILES string of the molecule is CN[C@@H]1C2C=CC(C2)[C@H]1N(C)c1ccc(CCC=O)c(C(=O)NC2CCC(=O)NC2=O)c1. The maximum Gasteiger partial charge on any atom is 0.252 e. The Labute approximate surface area is 187 Å². The number of aldehydes is 1. The minimum absolute atomic E-state index is 0.195. The average Bonchev–Trinajstić information content (AvgIpc) is 3.40. The van der Waals surface area contributed by atoms with Crippen LogP contribution < -0.4 is 20.9 Å². The van der Waals surface area contributed by atoms with Crippen molar-refractivity contribution in [3.63, 3.8) is 0 Å². The van der Waals surface area contributed by atoms with Crippen LogP contribution in [-0.2, 0) is 20.8 Å². The molecule has 8 nitrogen and oxygen atoms in total. The van der Waals surface area contributed by atoms with Crippen LogP contribution in [0.1, 0.15) is 41.6 Å². The summed E-state index contributed by atoms with van der Waals surface area (Å²) in [5.41, 5.74) is 2.14. The molecular weight excluding hydrogens is 408 g/mol. The lowest BCUT2D eigenvalue weighted by molar-refractivity contribution is -0.134. The molecule has 4 rings (SSSR count). The van der Waals surface area contributed by atoms with E-state index in [1.807, 2.05) is 32.3 Å². The lowest BCUT2D eigenvalue weighted by atomic mass is 9.93. The van der Waals surface area contributed by atoms with Crippen molar-refractivity contribution in [3.8, 4) is 0 Å². The quantitative estimate of drug-likeness (QED) is 0.317. The highest BCUT2D eigenvalue weighted by Crippen LogP contribution is 2.42. The molecule has 0 spiro atoms. The number of fused-ring (bicyclic) bond motifs is 2. The number of benzene rings is 1. The first-order chi connectivity index (χ1) is 15.4. The highest BCUT2D eigenvalue weighted by molar-refractivity contribution is 6.04. The van der Waals surface area contributed by atoms with E-state index in [-0.39, 0.29) is 30.7 Å². The van der Waals surface area contributed by atoms with Gasteiger partial charge in [-0.3, -0.25) is 19.7 Å². The number of carbonyl (C=O) groups is 4. The van der Waals surface area contributed by atoms with E-state index in [1.54, 1.807) is 0 Å². The third-order valence-corrected chi connectivity index (χ3v) is 7.02. The lowest BCUT2D eigenvalue weighted by Gasteiger charge is -2.37. The van der Waals surface area contributed by atoms with E-state index < -0.39 is 11.9 Å². The molecule has 8 heteroatoms. The first kappa shape index (κ1) is 22.2. The zero-order chi connectivity index (χ0) is 22.8. The molecule has 1 aromatic carbocycles. The Morgan fingerprint density at radius 3 is 2.75 bits per heavy atom. The fourth-order valence-corrected chi connectivity index (χ4v) is 5.38. The Bertz CT molecular complexity index is 959. The maximum atomic E-state index is 13.2. The molecule has 0 aromatic heterocycles. The fraction of sp³-hybridized carbons (Fsp3) is 0.500. The number of hydrogen-bond acceptors (Lipinski definition) is 6. The van der Waals surface area contributed by atoms with Gasteiger partial charge in [-0.1, -0.05) is 18.2 Å². The van der Waals surface area contributed by atoms with Crippen LogP contribution in [0.25, 0.3) is 0 Å². The molecule has 3 N–H and O–H groups in total. The van der Waals surface area contributed by atoms with Gasteiger partial charge in [0.1, 0.15) is 12.3 Å². The molecule has 1 aliphatic heterocycles. The summed E-state index contributed by atoms with van der Waals surface area (Å²) >= 11 is 0. The van der Waals surface area contributed by atoms with Crippen LogP contribution in [0, 0.1) is 11.8 Å². The normalized spacial score (nSPS) is 28.5. The smallest absolute Gasteiger partial charge is 0.252 e. The number of rotatable bonds is 8. The molecule has 1 heterocycles. The summed E-state index contributed by atoms with van der Waals surface area (Å²) in [6.07, 6.45) is 7.77. The van der Waals surface area contributed by atoms with E-state index in [2.05, 4.69) is 33.0 Å². The summed E-state index contributed by atoms with van der Waals surface area (Å²) < 4.78 is 0. The highest BCUT2D eigenvalue weighted by atomic mass is 16.2. The van der Waals surface area contributed by atoms with Gasteiger partial charge >= 0.3 is 0 Å². The molecule has 170 valence electrons. The Morgan fingerprint density at radius 1 is 1.25 bits per heavy atom. The Kier molecular flexibility index (Phi) is 6.41. The van der Waals surface area contributed by atoms with Crippen molar-refractivity contribution in [1.29, 1.82) is 0 Å². The first-order valence-electron chi connectivity index (χ1n) is 11.2. The molecule has 2 bridgehead atoms. The van der Waals surface area contributed by atoms with Crippen LogP contribution in [0.4, 0.5) is 5.69 Å². The van der Waals surface area contributed by atoms with Gasteiger partial charge in [-0.25, -0.2) is 0 Å². The number of hydrogen-bond donors (Lipinski definition) is 3. The molecular formula is C24H30N4O4. The van der Waals surface area contributed by atoms with Gasteiger partial charge in [0.15, 0.2) is 0 Å². The third kappa shape index (κ3) is 4.19. The number of carbonyl (C=O) groups excluding carboxylic acids is 4. The van der Waals surface area contributed by atoms with Gasteiger partial charge < -0.3 is 20.3 Å². The molecule has 5 atom stereocenters. The maximum absolute atomic E-state index is 13.2. The van der Waals surface area contributed by atoms with Gasteiger partial charge in [-0.05, 0) is 55.8 Å². The zero-order valence-electron chi connectivity index (χ0n) is 18.5. The second-order valence-corrected chi connectivity index (χ2v) is 8.89. The van der Waals surface area contributed by atoms with Gasteiger partial charge in [0.25, 0.3) is 5.91 Å². The van der Waals surface area contributed by atoms with E-state index >= 15 is 0 Å². The predicted octanol–water partition coefficient (Wildman–Crippen LogP) is 0.952. The van der Waals surface area contributed by atoms with Crippen LogP contribution in [0.2, 0.25) is 0 Å². The van der Waals surface area contributed by atoms with Crippen molar-refractivity contribution in [1.82, 2.24) is 16.0 Å². The summed E-state index contributed by atoms with van der Waals surface area (Å²) in [6.45, 7) is 0. The number of likely N-dealkylation sites (N-methyl/N-ethyl adjacent to an activating group) is 2. The number of nitrogens with one attached hydrogen (secondary N) is 3. The minimum atomic E-state index is -0.745. The Morgan fingerprint density at radius 2 is 2.03 bits per heavy atom. The molecule has 1 aromatic rings. The van der Waals surface area contributed by atoms with Crippen molar-refractivity contribution in [2.24, 2.45) is 11.8 Å². The number of aryl methyl sites for hydroxylation is 1. The summed E-state index contributed by atoms with van der Waals surface area (Å²) in [5, 5.41) is 8.49. The monoisotopic (exact) mass is 438 g/mol. The van der Waals surface area contributed by atoms with Crippen molar-refractivity contribution >= 4 is 29.7 Å². The standard InChI is InChI=1S/C24H30N4O4/c1-25-21-15-5-6-16(12-15)22(21)28(2)17-8-7-14(4-3-11-29)18(13-17)23(31)26-19-9-10-20(30)27-24(19)32/h5-8,11,13,15-16,19,21-22,25H,3-4,9-10,12H2,1-2H3,(H,26,31)(H,27,30,32)/t15?,16?,19?,21-,22-/m1/s1. The largest absolute Gasteiger partial charge is 0.369 e. The molecule has 1 saturated heterocycles. The second-order valence-electron chi connectivity index (χ2n) is 8.89. The Balaban J connectivity index is 1.58. The molecule has 1 saturated carbocycles. The predicted molar refractivity (Wildman–Crippen MR) is 120 cm³/mol.